The van der Waals surface area contributed by atoms with Crippen LogP contribution in [-0.4, -0.2) is 28.3 Å². The third kappa shape index (κ3) is 2.86. The predicted molar refractivity (Wildman–Crippen MR) is 110 cm³/mol. The minimum absolute atomic E-state index is 0.296. The maximum atomic E-state index is 13.2. The Balaban J connectivity index is 1.62. The fourth-order valence-electron chi connectivity index (χ4n) is 6.16. The molecule has 1 aromatic carbocycles. The molecule has 27 heavy (non-hydrogen) atoms. The van der Waals surface area contributed by atoms with Crippen LogP contribution in [0, 0.1) is 19.8 Å². The van der Waals surface area contributed by atoms with Gasteiger partial charge < -0.3 is 4.57 Å². The number of hydrogen-bond acceptors (Lipinski definition) is 2. The number of nitrogens with zero attached hydrogens (tertiary/aromatic N) is 2. The van der Waals surface area contributed by atoms with E-state index in [0.717, 1.165) is 25.8 Å². The highest BCUT2D eigenvalue weighted by Gasteiger charge is 2.36. The predicted octanol–water partition coefficient (Wildman–Crippen LogP) is 5.10. The van der Waals surface area contributed by atoms with Crippen molar-refractivity contribution in [1.29, 1.82) is 0 Å². The van der Waals surface area contributed by atoms with Gasteiger partial charge in [-0.3, -0.25) is 9.69 Å². The van der Waals surface area contributed by atoms with Crippen LogP contribution in [0.1, 0.15) is 73.4 Å². The molecule has 1 aromatic heterocycles. The van der Waals surface area contributed by atoms with Crippen LogP contribution in [0.25, 0.3) is 10.9 Å². The number of aromatic nitrogens is 1. The number of hydrogen-bond donors (Lipinski definition) is 0. The largest absolute Gasteiger partial charge is 0.337 e. The zero-order valence-electron chi connectivity index (χ0n) is 16.9. The molecular formula is C24H32N2O. The van der Waals surface area contributed by atoms with Crippen LogP contribution in [0.4, 0.5) is 0 Å². The summed E-state index contributed by atoms with van der Waals surface area (Å²) < 4.78 is 2.44. The van der Waals surface area contributed by atoms with Gasteiger partial charge in [-0.05, 0) is 63.3 Å². The molecule has 0 N–H and O–H groups in total. The molecule has 1 atom stereocenters. The third-order valence-corrected chi connectivity index (χ3v) is 7.35. The molecule has 1 saturated carbocycles. The van der Waals surface area contributed by atoms with E-state index >= 15 is 0 Å². The highest BCUT2D eigenvalue weighted by molar-refractivity contribution is 5.92. The van der Waals surface area contributed by atoms with Crippen LogP contribution >= 0.6 is 0 Å². The van der Waals surface area contributed by atoms with E-state index in [-0.39, 0.29) is 0 Å². The van der Waals surface area contributed by atoms with E-state index in [4.69, 9.17) is 0 Å². The van der Waals surface area contributed by atoms with Crippen LogP contribution < -0.4 is 0 Å². The summed E-state index contributed by atoms with van der Waals surface area (Å²) in [4.78, 5) is 15.8. The fourth-order valence-corrected chi connectivity index (χ4v) is 6.16. The summed E-state index contributed by atoms with van der Waals surface area (Å²) in [7, 11) is 0. The lowest BCUT2D eigenvalue weighted by molar-refractivity contribution is -0.124. The molecule has 0 unspecified atom stereocenters. The number of Topliss-reactive ketones (excluding diaryl/α,β-unsaturated/α-hetero) is 1. The Labute approximate surface area is 162 Å². The number of carbonyl (C=O) groups is 1. The monoisotopic (exact) mass is 364 g/mol. The zero-order chi connectivity index (χ0) is 18.5. The van der Waals surface area contributed by atoms with Crippen molar-refractivity contribution in [1.82, 2.24) is 9.47 Å². The second kappa shape index (κ2) is 6.77. The Morgan fingerprint density at radius 3 is 2.67 bits per heavy atom. The molecule has 0 bridgehead atoms. The van der Waals surface area contributed by atoms with E-state index in [2.05, 4.69) is 35.4 Å². The van der Waals surface area contributed by atoms with Crippen LogP contribution in [0.3, 0.4) is 0 Å². The molecule has 2 aliphatic heterocycles. The molecule has 0 radical (unpaired) electrons. The van der Waals surface area contributed by atoms with E-state index in [0.29, 0.717) is 24.3 Å². The summed E-state index contributed by atoms with van der Waals surface area (Å²) in [6, 6.07) is 5.25. The van der Waals surface area contributed by atoms with E-state index < -0.39 is 0 Å². The molecule has 3 heterocycles. The molecule has 2 aromatic rings. The van der Waals surface area contributed by atoms with Crippen molar-refractivity contribution in [2.24, 2.45) is 5.92 Å². The van der Waals surface area contributed by atoms with Crippen molar-refractivity contribution in [2.45, 2.75) is 77.8 Å². The van der Waals surface area contributed by atoms with E-state index in [9.17, 15) is 4.79 Å². The number of benzene rings is 1. The first-order valence-electron chi connectivity index (χ1n) is 11.0. The molecule has 3 nitrogen and oxygen atoms in total. The normalized spacial score (nSPS) is 23.6. The average molecular weight is 365 g/mol. The number of rotatable bonds is 3. The SMILES string of the molecule is Cc1cc(C)c2c(c1)c1c(n2CC(=O)C2CCCCC2)CCN2CCC[C@H]12. The number of ketones is 1. The van der Waals surface area contributed by atoms with Gasteiger partial charge in [0.05, 0.1) is 12.1 Å². The second-order valence-electron chi connectivity index (χ2n) is 9.17. The van der Waals surface area contributed by atoms with Gasteiger partial charge >= 0.3 is 0 Å². The molecule has 0 spiro atoms. The Morgan fingerprint density at radius 1 is 1.04 bits per heavy atom. The molecule has 3 aliphatic rings. The molecule has 5 rings (SSSR count). The van der Waals surface area contributed by atoms with Gasteiger partial charge in [-0.25, -0.2) is 0 Å². The smallest absolute Gasteiger partial charge is 0.155 e. The van der Waals surface area contributed by atoms with E-state index in [1.807, 2.05) is 0 Å². The first kappa shape index (κ1) is 17.5. The van der Waals surface area contributed by atoms with E-state index in [1.165, 1.54) is 66.4 Å². The average Bonchev–Trinajstić information content (AvgIpc) is 3.25. The van der Waals surface area contributed by atoms with Crippen LogP contribution in [0.15, 0.2) is 12.1 Å². The Kier molecular flexibility index (Phi) is 4.39. The number of aryl methyl sites for hydroxylation is 2. The van der Waals surface area contributed by atoms with Gasteiger partial charge in [0, 0.05) is 36.0 Å². The quantitative estimate of drug-likeness (QED) is 0.757. The van der Waals surface area contributed by atoms with Crippen molar-refractivity contribution in [2.75, 3.05) is 13.1 Å². The van der Waals surface area contributed by atoms with Crippen molar-refractivity contribution in [3.05, 3.63) is 34.5 Å². The van der Waals surface area contributed by atoms with Crippen LogP contribution in [-0.2, 0) is 17.8 Å². The lowest BCUT2D eigenvalue weighted by Crippen LogP contribution is -2.32. The van der Waals surface area contributed by atoms with Gasteiger partial charge in [-0.1, -0.05) is 30.9 Å². The molecular weight excluding hydrogens is 332 g/mol. The maximum absolute atomic E-state index is 13.2. The summed E-state index contributed by atoms with van der Waals surface area (Å²) in [5.74, 6) is 0.771. The molecule has 0 amide bonds. The molecule has 2 fully saturated rings. The minimum Gasteiger partial charge on any atom is -0.337 e. The summed E-state index contributed by atoms with van der Waals surface area (Å²) in [5.41, 5.74) is 7.03. The van der Waals surface area contributed by atoms with Crippen molar-refractivity contribution in [3.8, 4) is 0 Å². The maximum Gasteiger partial charge on any atom is 0.155 e. The summed E-state index contributed by atoms with van der Waals surface area (Å²) in [5, 5.41) is 1.43. The Bertz CT molecular complexity index is 888. The second-order valence-corrected chi connectivity index (χ2v) is 9.17. The first-order valence-corrected chi connectivity index (χ1v) is 11.0. The van der Waals surface area contributed by atoms with Crippen molar-refractivity contribution in [3.63, 3.8) is 0 Å². The Hall–Kier alpha value is -1.61. The minimum atomic E-state index is 0.296. The molecule has 1 saturated heterocycles. The van der Waals surface area contributed by atoms with Crippen LogP contribution in [0.5, 0.6) is 0 Å². The lowest BCUT2D eigenvalue weighted by atomic mass is 9.86. The van der Waals surface area contributed by atoms with Gasteiger partial charge in [-0.2, -0.15) is 0 Å². The van der Waals surface area contributed by atoms with Gasteiger partial charge in [0.25, 0.3) is 0 Å². The molecule has 3 heteroatoms. The third-order valence-electron chi connectivity index (χ3n) is 7.35. The summed E-state index contributed by atoms with van der Waals surface area (Å²) in [6.07, 6.45) is 9.66. The van der Waals surface area contributed by atoms with Crippen molar-refractivity contribution >= 4 is 16.7 Å². The zero-order valence-corrected chi connectivity index (χ0v) is 16.9. The van der Waals surface area contributed by atoms with Gasteiger partial charge in [-0.15, -0.1) is 0 Å². The fraction of sp³-hybridized carbons (Fsp3) is 0.625. The van der Waals surface area contributed by atoms with Crippen LogP contribution in [0.2, 0.25) is 0 Å². The number of fused-ring (bicyclic) bond motifs is 5. The molecule has 144 valence electrons. The standard InChI is InChI=1S/C24H32N2O/c1-16-13-17(2)24-19(14-16)23-20-9-6-11-25(20)12-10-21(23)26(24)15-22(27)18-7-4-3-5-8-18/h13-14,18,20H,3-12,15H2,1-2H3/t20-/m1/s1. The van der Waals surface area contributed by atoms with Gasteiger partial charge in [0.2, 0.25) is 0 Å². The summed E-state index contributed by atoms with van der Waals surface area (Å²) in [6.45, 7) is 7.42. The number of carbonyl (C=O) groups excluding carboxylic acids is 1. The van der Waals surface area contributed by atoms with Gasteiger partial charge in [0.15, 0.2) is 5.78 Å². The first-order chi connectivity index (χ1) is 13.1. The van der Waals surface area contributed by atoms with Crippen molar-refractivity contribution < 1.29 is 4.79 Å². The Morgan fingerprint density at radius 2 is 1.85 bits per heavy atom. The van der Waals surface area contributed by atoms with E-state index in [1.54, 1.807) is 5.56 Å². The topological polar surface area (TPSA) is 25.2 Å². The lowest BCUT2D eigenvalue weighted by Gasteiger charge is -2.31. The molecule has 1 aliphatic carbocycles. The highest BCUT2D eigenvalue weighted by Crippen LogP contribution is 2.44. The highest BCUT2D eigenvalue weighted by atomic mass is 16.1. The van der Waals surface area contributed by atoms with Gasteiger partial charge in [0.1, 0.15) is 0 Å². The summed E-state index contributed by atoms with van der Waals surface area (Å²) >= 11 is 0.